The Morgan fingerprint density at radius 3 is 2.80 bits per heavy atom. The zero-order valence-corrected chi connectivity index (χ0v) is 11.4. The van der Waals surface area contributed by atoms with Crippen LogP contribution in [0.5, 0.6) is 5.75 Å². The lowest BCUT2D eigenvalue weighted by Gasteiger charge is -2.09. The quantitative estimate of drug-likeness (QED) is 0.799. The van der Waals surface area contributed by atoms with Crippen molar-refractivity contribution in [1.29, 1.82) is 5.26 Å². The Kier molecular flexibility index (Phi) is 5.11. The topological polar surface area (TPSA) is 50.1 Å². The molecule has 1 aromatic rings. The predicted octanol–water partition coefficient (Wildman–Crippen LogP) is 3.42. The third-order valence-electron chi connectivity index (χ3n) is 3.76. The van der Waals surface area contributed by atoms with E-state index in [1.54, 1.807) is 12.1 Å². The lowest BCUT2D eigenvalue weighted by molar-refractivity contribution is -0.122. The van der Waals surface area contributed by atoms with Crippen molar-refractivity contribution in [3.63, 3.8) is 0 Å². The van der Waals surface area contributed by atoms with Gasteiger partial charge in [0.15, 0.2) is 18.2 Å². The van der Waals surface area contributed by atoms with Gasteiger partial charge in [-0.1, -0.05) is 18.9 Å². The average molecular weight is 275 g/mol. The molecule has 0 heterocycles. The van der Waals surface area contributed by atoms with Crippen LogP contribution < -0.4 is 4.74 Å². The summed E-state index contributed by atoms with van der Waals surface area (Å²) >= 11 is 0. The van der Waals surface area contributed by atoms with Crippen LogP contribution in [0.15, 0.2) is 18.2 Å². The number of aryl methyl sites for hydroxylation is 1. The molecule has 1 saturated carbocycles. The lowest BCUT2D eigenvalue weighted by Crippen LogP contribution is -2.11. The third kappa shape index (κ3) is 3.80. The smallest absolute Gasteiger partial charge is 0.174 e. The van der Waals surface area contributed by atoms with E-state index >= 15 is 0 Å². The summed E-state index contributed by atoms with van der Waals surface area (Å²) in [6, 6.07) is 6.44. The van der Waals surface area contributed by atoms with Crippen LogP contribution in [-0.2, 0) is 11.2 Å². The van der Waals surface area contributed by atoms with Crippen molar-refractivity contribution in [2.45, 2.75) is 38.5 Å². The molecule has 0 N–H and O–H groups in total. The van der Waals surface area contributed by atoms with Gasteiger partial charge in [0, 0.05) is 12.3 Å². The summed E-state index contributed by atoms with van der Waals surface area (Å²) in [7, 11) is 0. The van der Waals surface area contributed by atoms with E-state index in [2.05, 4.69) is 0 Å². The van der Waals surface area contributed by atoms with E-state index in [0.29, 0.717) is 18.6 Å². The van der Waals surface area contributed by atoms with Crippen LogP contribution in [-0.4, -0.2) is 12.4 Å². The Bertz CT molecular complexity index is 516. The average Bonchev–Trinajstić information content (AvgIpc) is 2.98. The number of Topliss-reactive ketones (excluding diaryl/α,β-unsaturated/α-hetero) is 1. The lowest BCUT2D eigenvalue weighted by atomic mass is 9.97. The highest BCUT2D eigenvalue weighted by Gasteiger charge is 2.22. The molecule has 0 aliphatic heterocycles. The Balaban J connectivity index is 1.88. The van der Waals surface area contributed by atoms with Crippen LogP contribution in [0, 0.1) is 23.1 Å². The number of rotatable bonds is 6. The van der Waals surface area contributed by atoms with E-state index in [-0.39, 0.29) is 18.3 Å². The molecule has 0 bridgehead atoms. The highest BCUT2D eigenvalue weighted by atomic mass is 19.1. The van der Waals surface area contributed by atoms with Gasteiger partial charge in [0.2, 0.25) is 0 Å². The zero-order valence-electron chi connectivity index (χ0n) is 11.4. The van der Waals surface area contributed by atoms with Gasteiger partial charge in [-0.3, -0.25) is 4.79 Å². The molecule has 0 amide bonds. The normalized spacial score (nSPS) is 15.0. The summed E-state index contributed by atoms with van der Waals surface area (Å²) in [5, 5.41) is 8.39. The number of nitrogens with zero attached hydrogens (tertiary/aromatic N) is 1. The van der Waals surface area contributed by atoms with Gasteiger partial charge in [0.25, 0.3) is 0 Å². The second-order valence-corrected chi connectivity index (χ2v) is 5.16. The Morgan fingerprint density at radius 2 is 2.15 bits per heavy atom. The van der Waals surface area contributed by atoms with Crippen molar-refractivity contribution < 1.29 is 13.9 Å². The maximum absolute atomic E-state index is 13.7. The second kappa shape index (κ2) is 7.04. The van der Waals surface area contributed by atoms with Crippen LogP contribution in [0.4, 0.5) is 4.39 Å². The van der Waals surface area contributed by atoms with E-state index in [0.717, 1.165) is 31.2 Å². The van der Waals surface area contributed by atoms with E-state index < -0.39 is 5.82 Å². The molecule has 0 saturated heterocycles. The first-order valence-electron chi connectivity index (χ1n) is 7.01. The van der Waals surface area contributed by atoms with Crippen LogP contribution in [0.25, 0.3) is 0 Å². The number of carbonyl (C=O) groups excluding carboxylic acids is 1. The number of halogens is 1. The van der Waals surface area contributed by atoms with Gasteiger partial charge in [-0.05, 0) is 37.0 Å². The molecule has 3 nitrogen and oxygen atoms in total. The standard InChI is InChI=1S/C16H18FNO2/c17-14-11-12(6-8-16(14)20-10-9-18)5-7-15(19)13-3-1-2-4-13/h6,8,11,13H,1-5,7,10H2. The van der Waals surface area contributed by atoms with Crippen molar-refractivity contribution in [2.24, 2.45) is 5.92 Å². The Hall–Kier alpha value is -1.89. The molecular weight excluding hydrogens is 257 g/mol. The minimum absolute atomic E-state index is 0.0809. The van der Waals surface area contributed by atoms with Gasteiger partial charge in [-0.15, -0.1) is 0 Å². The molecular formula is C16H18FNO2. The van der Waals surface area contributed by atoms with Crippen molar-refractivity contribution in [3.05, 3.63) is 29.6 Å². The van der Waals surface area contributed by atoms with Crippen LogP contribution in [0.2, 0.25) is 0 Å². The summed E-state index contributed by atoms with van der Waals surface area (Å²) < 4.78 is 18.6. The molecule has 0 atom stereocenters. The second-order valence-electron chi connectivity index (χ2n) is 5.16. The monoisotopic (exact) mass is 275 g/mol. The van der Waals surface area contributed by atoms with E-state index in [1.807, 2.05) is 0 Å². The number of nitriles is 1. The first kappa shape index (κ1) is 14.5. The fraction of sp³-hybridized carbons (Fsp3) is 0.500. The van der Waals surface area contributed by atoms with Gasteiger partial charge < -0.3 is 4.74 Å². The maximum atomic E-state index is 13.7. The molecule has 0 radical (unpaired) electrons. The van der Waals surface area contributed by atoms with Crippen molar-refractivity contribution >= 4 is 5.78 Å². The highest BCUT2D eigenvalue weighted by molar-refractivity contribution is 5.81. The highest BCUT2D eigenvalue weighted by Crippen LogP contribution is 2.27. The fourth-order valence-corrected chi connectivity index (χ4v) is 2.65. The minimum atomic E-state index is -0.480. The molecule has 1 aliphatic rings. The largest absolute Gasteiger partial charge is 0.476 e. The van der Waals surface area contributed by atoms with Gasteiger partial charge >= 0.3 is 0 Å². The summed E-state index contributed by atoms with van der Waals surface area (Å²) in [4.78, 5) is 12.0. The van der Waals surface area contributed by atoms with Gasteiger partial charge in [0.1, 0.15) is 11.9 Å². The third-order valence-corrected chi connectivity index (χ3v) is 3.76. The number of benzene rings is 1. The van der Waals surface area contributed by atoms with Gasteiger partial charge in [-0.2, -0.15) is 5.26 Å². The number of hydrogen-bond donors (Lipinski definition) is 0. The molecule has 1 aliphatic carbocycles. The summed E-state index contributed by atoms with van der Waals surface area (Å²) in [6.45, 7) is -0.170. The Labute approximate surface area is 118 Å². The Morgan fingerprint density at radius 1 is 1.40 bits per heavy atom. The zero-order chi connectivity index (χ0) is 14.4. The molecule has 2 rings (SSSR count). The molecule has 20 heavy (non-hydrogen) atoms. The summed E-state index contributed by atoms with van der Waals surface area (Å²) in [6.07, 6.45) is 5.35. The first-order chi connectivity index (χ1) is 9.70. The van der Waals surface area contributed by atoms with Crippen LogP contribution in [0.3, 0.4) is 0 Å². The maximum Gasteiger partial charge on any atom is 0.174 e. The van der Waals surface area contributed by atoms with Crippen LogP contribution in [0.1, 0.15) is 37.7 Å². The minimum Gasteiger partial charge on any atom is -0.476 e. The number of carbonyl (C=O) groups is 1. The van der Waals surface area contributed by atoms with Crippen LogP contribution >= 0.6 is 0 Å². The van der Waals surface area contributed by atoms with E-state index in [9.17, 15) is 9.18 Å². The molecule has 0 spiro atoms. The van der Waals surface area contributed by atoms with Gasteiger partial charge in [-0.25, -0.2) is 4.39 Å². The fourth-order valence-electron chi connectivity index (χ4n) is 2.65. The number of ketones is 1. The summed E-state index contributed by atoms with van der Waals surface area (Å²) in [5.41, 5.74) is 0.790. The van der Waals surface area contributed by atoms with Crippen molar-refractivity contribution in [1.82, 2.24) is 0 Å². The van der Waals surface area contributed by atoms with Crippen molar-refractivity contribution in [2.75, 3.05) is 6.61 Å². The first-order valence-corrected chi connectivity index (χ1v) is 7.01. The molecule has 1 fully saturated rings. The van der Waals surface area contributed by atoms with E-state index in [1.165, 1.54) is 12.1 Å². The molecule has 106 valence electrons. The van der Waals surface area contributed by atoms with Gasteiger partial charge in [0.05, 0.1) is 0 Å². The number of hydrogen-bond acceptors (Lipinski definition) is 3. The molecule has 4 heteroatoms. The number of ether oxygens (including phenoxy) is 1. The molecule has 1 aromatic carbocycles. The summed E-state index contributed by atoms with van der Waals surface area (Å²) in [5.74, 6) is 0.120. The predicted molar refractivity (Wildman–Crippen MR) is 72.8 cm³/mol. The molecule has 0 unspecified atom stereocenters. The van der Waals surface area contributed by atoms with Crippen molar-refractivity contribution in [3.8, 4) is 11.8 Å². The molecule has 0 aromatic heterocycles. The SMILES string of the molecule is N#CCOc1ccc(CCC(=O)C2CCCC2)cc1F. The van der Waals surface area contributed by atoms with E-state index in [4.69, 9.17) is 10.00 Å².